The molecule has 0 bridgehead atoms. The molecule has 0 saturated carbocycles. The van der Waals surface area contributed by atoms with Gasteiger partial charge in [-0.3, -0.25) is 9.20 Å². The molecule has 0 radical (unpaired) electrons. The van der Waals surface area contributed by atoms with E-state index in [2.05, 4.69) is 10.3 Å². The van der Waals surface area contributed by atoms with Crippen LogP contribution in [0.25, 0.3) is 5.65 Å². The van der Waals surface area contributed by atoms with Crippen molar-refractivity contribution in [1.29, 1.82) is 0 Å². The Morgan fingerprint density at radius 3 is 2.83 bits per heavy atom. The van der Waals surface area contributed by atoms with E-state index in [9.17, 15) is 4.79 Å². The number of hydrogen-bond donors (Lipinski definition) is 1. The van der Waals surface area contributed by atoms with E-state index < -0.39 is 0 Å². The molecule has 5 heteroatoms. The van der Waals surface area contributed by atoms with E-state index in [4.69, 9.17) is 11.6 Å². The lowest BCUT2D eigenvalue weighted by Gasteiger charge is -2.15. The van der Waals surface area contributed by atoms with Crippen LogP contribution >= 0.6 is 11.6 Å². The minimum atomic E-state index is -0.0686. The Balaban J connectivity index is 1.84. The number of nitrogens with zero attached hydrogens (tertiary/aromatic N) is 2. The first-order valence-corrected chi connectivity index (χ1v) is 7.90. The summed E-state index contributed by atoms with van der Waals surface area (Å²) < 4.78 is 1.57. The number of fused-ring (bicyclic) bond motifs is 1. The Morgan fingerprint density at radius 2 is 2.04 bits per heavy atom. The summed E-state index contributed by atoms with van der Waals surface area (Å²) in [5.74, 6) is 0. The fourth-order valence-electron chi connectivity index (χ4n) is 2.59. The summed E-state index contributed by atoms with van der Waals surface area (Å²) in [5.41, 5.74) is 3.36. The van der Waals surface area contributed by atoms with Gasteiger partial charge < -0.3 is 5.32 Å². The molecular formula is C18H18ClN3O. The average molecular weight is 328 g/mol. The summed E-state index contributed by atoms with van der Waals surface area (Å²) in [6.07, 6.45) is 1.74. The third-order valence-corrected chi connectivity index (χ3v) is 4.24. The monoisotopic (exact) mass is 327 g/mol. The van der Waals surface area contributed by atoms with Gasteiger partial charge in [0, 0.05) is 29.9 Å². The van der Waals surface area contributed by atoms with Crippen LogP contribution in [0, 0.1) is 6.92 Å². The maximum Gasteiger partial charge on any atom is 0.258 e. The van der Waals surface area contributed by atoms with Crippen molar-refractivity contribution in [2.45, 2.75) is 26.4 Å². The van der Waals surface area contributed by atoms with Crippen LogP contribution in [0.1, 0.15) is 29.8 Å². The van der Waals surface area contributed by atoms with E-state index in [1.54, 1.807) is 16.7 Å². The van der Waals surface area contributed by atoms with Gasteiger partial charge in [-0.25, -0.2) is 4.98 Å². The quantitative estimate of drug-likeness (QED) is 0.797. The van der Waals surface area contributed by atoms with Crippen LogP contribution in [-0.2, 0) is 6.54 Å². The van der Waals surface area contributed by atoms with E-state index in [0.29, 0.717) is 12.2 Å². The molecule has 1 atom stereocenters. The van der Waals surface area contributed by atoms with Crippen molar-refractivity contribution in [3.8, 4) is 0 Å². The van der Waals surface area contributed by atoms with Gasteiger partial charge in [0.15, 0.2) is 0 Å². The minimum Gasteiger partial charge on any atom is -0.305 e. The number of halogens is 1. The number of hydrogen-bond acceptors (Lipinski definition) is 3. The van der Waals surface area contributed by atoms with Crippen molar-refractivity contribution in [1.82, 2.24) is 14.7 Å². The second-order valence-electron chi connectivity index (χ2n) is 5.59. The molecule has 0 unspecified atom stereocenters. The standard InChI is InChI=1S/C18H18ClN3O/c1-12-6-5-9-22-17(23)10-14(21-18(12)22)11-20-13(2)15-7-3-4-8-16(15)19/h3-10,13,20H,11H2,1-2H3/t13-/m0/s1. The molecule has 2 heterocycles. The lowest BCUT2D eigenvalue weighted by molar-refractivity contribution is 0.567. The van der Waals surface area contributed by atoms with Gasteiger partial charge in [-0.1, -0.05) is 35.9 Å². The molecular weight excluding hydrogens is 310 g/mol. The number of rotatable bonds is 4. The number of benzene rings is 1. The van der Waals surface area contributed by atoms with E-state index in [0.717, 1.165) is 21.8 Å². The summed E-state index contributed by atoms with van der Waals surface area (Å²) in [6, 6.07) is 13.2. The summed E-state index contributed by atoms with van der Waals surface area (Å²) in [7, 11) is 0. The van der Waals surface area contributed by atoms with Crippen LogP contribution in [0.15, 0.2) is 53.5 Å². The highest BCUT2D eigenvalue weighted by Gasteiger charge is 2.10. The molecule has 3 aromatic rings. The van der Waals surface area contributed by atoms with E-state index in [-0.39, 0.29) is 11.6 Å². The maximum absolute atomic E-state index is 12.2. The molecule has 4 nitrogen and oxygen atoms in total. The predicted octanol–water partition coefficient (Wildman–Crippen LogP) is 3.51. The van der Waals surface area contributed by atoms with Crippen LogP contribution < -0.4 is 10.9 Å². The van der Waals surface area contributed by atoms with Crippen LogP contribution in [0.2, 0.25) is 5.02 Å². The van der Waals surface area contributed by atoms with Gasteiger partial charge in [0.05, 0.1) is 5.69 Å². The minimum absolute atomic E-state index is 0.0686. The van der Waals surface area contributed by atoms with Gasteiger partial charge in [0.1, 0.15) is 5.65 Å². The fourth-order valence-corrected chi connectivity index (χ4v) is 2.89. The second kappa shape index (κ2) is 6.52. The molecule has 0 aliphatic heterocycles. The van der Waals surface area contributed by atoms with Gasteiger partial charge in [-0.15, -0.1) is 0 Å². The van der Waals surface area contributed by atoms with Crippen molar-refractivity contribution >= 4 is 17.2 Å². The molecule has 1 aromatic carbocycles. The smallest absolute Gasteiger partial charge is 0.258 e. The van der Waals surface area contributed by atoms with E-state index in [1.807, 2.05) is 50.2 Å². The highest BCUT2D eigenvalue weighted by Crippen LogP contribution is 2.22. The average Bonchev–Trinajstić information content (AvgIpc) is 2.54. The molecule has 0 fully saturated rings. The first kappa shape index (κ1) is 15.7. The van der Waals surface area contributed by atoms with Gasteiger partial charge in [-0.05, 0) is 37.1 Å². The lowest BCUT2D eigenvalue weighted by atomic mass is 10.1. The third-order valence-electron chi connectivity index (χ3n) is 3.90. The second-order valence-corrected chi connectivity index (χ2v) is 6.00. The van der Waals surface area contributed by atoms with Crippen molar-refractivity contribution in [3.63, 3.8) is 0 Å². The van der Waals surface area contributed by atoms with Gasteiger partial charge in [-0.2, -0.15) is 0 Å². The van der Waals surface area contributed by atoms with E-state index >= 15 is 0 Å². The maximum atomic E-state index is 12.2. The van der Waals surface area contributed by atoms with Crippen molar-refractivity contribution in [2.75, 3.05) is 0 Å². The largest absolute Gasteiger partial charge is 0.305 e. The molecule has 118 valence electrons. The predicted molar refractivity (Wildman–Crippen MR) is 92.9 cm³/mol. The summed E-state index contributed by atoms with van der Waals surface area (Å²) in [6.45, 7) is 4.50. The van der Waals surface area contributed by atoms with Crippen molar-refractivity contribution in [2.24, 2.45) is 0 Å². The Kier molecular flexibility index (Phi) is 4.46. The van der Waals surface area contributed by atoms with Crippen LogP contribution in [0.4, 0.5) is 0 Å². The van der Waals surface area contributed by atoms with Crippen LogP contribution in [0.3, 0.4) is 0 Å². The lowest BCUT2D eigenvalue weighted by Crippen LogP contribution is -2.22. The highest BCUT2D eigenvalue weighted by atomic mass is 35.5. The van der Waals surface area contributed by atoms with Gasteiger partial charge in [0.2, 0.25) is 0 Å². The van der Waals surface area contributed by atoms with Crippen molar-refractivity contribution < 1.29 is 0 Å². The normalized spacial score (nSPS) is 12.5. The molecule has 0 amide bonds. The molecule has 23 heavy (non-hydrogen) atoms. The summed E-state index contributed by atoms with van der Waals surface area (Å²) in [4.78, 5) is 16.8. The molecule has 2 aromatic heterocycles. The Labute approximate surface area is 139 Å². The van der Waals surface area contributed by atoms with E-state index in [1.165, 1.54) is 0 Å². The molecule has 0 aliphatic rings. The zero-order chi connectivity index (χ0) is 16.4. The Hall–Kier alpha value is -2.17. The van der Waals surface area contributed by atoms with Gasteiger partial charge >= 0.3 is 0 Å². The highest BCUT2D eigenvalue weighted by molar-refractivity contribution is 6.31. The molecule has 0 saturated heterocycles. The third kappa shape index (κ3) is 3.28. The molecule has 0 spiro atoms. The Bertz CT molecular complexity index is 904. The zero-order valence-corrected chi connectivity index (χ0v) is 13.8. The zero-order valence-electron chi connectivity index (χ0n) is 13.1. The van der Waals surface area contributed by atoms with Crippen LogP contribution in [-0.4, -0.2) is 9.38 Å². The number of nitrogens with one attached hydrogen (secondary N) is 1. The molecule has 3 rings (SSSR count). The summed E-state index contributed by atoms with van der Waals surface area (Å²) >= 11 is 6.22. The Morgan fingerprint density at radius 1 is 1.26 bits per heavy atom. The van der Waals surface area contributed by atoms with Crippen LogP contribution in [0.5, 0.6) is 0 Å². The number of aromatic nitrogens is 2. The molecule has 1 N–H and O–H groups in total. The number of pyridine rings is 1. The number of aryl methyl sites for hydroxylation is 1. The van der Waals surface area contributed by atoms with Crippen molar-refractivity contribution in [3.05, 3.63) is 80.9 Å². The first-order chi connectivity index (χ1) is 11.1. The molecule has 0 aliphatic carbocycles. The fraction of sp³-hybridized carbons (Fsp3) is 0.222. The topological polar surface area (TPSA) is 46.4 Å². The summed E-state index contributed by atoms with van der Waals surface area (Å²) in [5, 5.41) is 4.10. The van der Waals surface area contributed by atoms with Gasteiger partial charge in [0.25, 0.3) is 5.56 Å². The SMILES string of the molecule is Cc1cccn2c(=O)cc(CN[C@@H](C)c3ccccc3Cl)nc12. The first-order valence-electron chi connectivity index (χ1n) is 7.52.